The van der Waals surface area contributed by atoms with Crippen LogP contribution in [0.2, 0.25) is 0 Å². The lowest BCUT2D eigenvalue weighted by Crippen LogP contribution is -2.50. The second kappa shape index (κ2) is 8.48. The van der Waals surface area contributed by atoms with Crippen molar-refractivity contribution in [2.75, 3.05) is 26.2 Å². The van der Waals surface area contributed by atoms with Gasteiger partial charge in [0.05, 0.1) is 5.92 Å². The first-order valence-corrected chi connectivity index (χ1v) is 9.49. The van der Waals surface area contributed by atoms with Gasteiger partial charge in [-0.15, -0.1) is 0 Å². The minimum absolute atomic E-state index is 0.0220. The highest BCUT2D eigenvalue weighted by molar-refractivity contribution is 5.88. The van der Waals surface area contributed by atoms with Crippen molar-refractivity contribution in [2.45, 2.75) is 45.2 Å². The van der Waals surface area contributed by atoms with Crippen LogP contribution in [-0.4, -0.2) is 53.8 Å². The zero-order valence-corrected chi connectivity index (χ0v) is 15.1. The number of nitrogens with zero attached hydrogens (tertiary/aromatic N) is 2. The van der Waals surface area contributed by atoms with Crippen LogP contribution >= 0.6 is 0 Å². The maximum atomic E-state index is 12.6. The topological polar surface area (TPSA) is 52.7 Å². The van der Waals surface area contributed by atoms with Crippen LogP contribution in [0.1, 0.15) is 38.2 Å². The van der Waals surface area contributed by atoms with E-state index < -0.39 is 6.04 Å². The number of rotatable bonds is 5. The zero-order valence-electron chi connectivity index (χ0n) is 15.1. The highest BCUT2D eigenvalue weighted by atomic mass is 16.2. The van der Waals surface area contributed by atoms with Gasteiger partial charge in [-0.05, 0) is 44.7 Å². The first kappa shape index (κ1) is 17.9. The van der Waals surface area contributed by atoms with Gasteiger partial charge in [0, 0.05) is 26.2 Å². The van der Waals surface area contributed by atoms with Gasteiger partial charge >= 0.3 is 0 Å². The lowest BCUT2D eigenvalue weighted by molar-refractivity contribution is -0.136. The molecule has 0 unspecified atom stereocenters. The van der Waals surface area contributed by atoms with Crippen molar-refractivity contribution in [1.29, 1.82) is 0 Å². The molecule has 0 saturated carbocycles. The van der Waals surface area contributed by atoms with E-state index in [0.29, 0.717) is 0 Å². The molecule has 0 bridgehead atoms. The number of benzene rings is 1. The Bertz CT molecular complexity index is 584. The minimum Gasteiger partial charge on any atom is -0.344 e. The summed E-state index contributed by atoms with van der Waals surface area (Å²) in [5.41, 5.74) is 1.28. The van der Waals surface area contributed by atoms with Gasteiger partial charge in [-0.25, -0.2) is 0 Å². The molecule has 0 radical (unpaired) electrons. The highest BCUT2D eigenvalue weighted by Crippen LogP contribution is 2.19. The van der Waals surface area contributed by atoms with E-state index in [-0.39, 0.29) is 17.7 Å². The van der Waals surface area contributed by atoms with Crippen molar-refractivity contribution < 1.29 is 9.59 Å². The van der Waals surface area contributed by atoms with Gasteiger partial charge in [0.1, 0.15) is 6.04 Å². The number of carbonyl (C=O) groups is 2. The Kier molecular flexibility index (Phi) is 6.08. The molecule has 25 heavy (non-hydrogen) atoms. The third kappa shape index (κ3) is 4.82. The summed E-state index contributed by atoms with van der Waals surface area (Å²) in [6, 6.07) is 9.95. The molecule has 2 heterocycles. The summed E-state index contributed by atoms with van der Waals surface area (Å²) in [4.78, 5) is 29.2. The molecule has 5 nitrogen and oxygen atoms in total. The van der Waals surface area contributed by atoms with Gasteiger partial charge in [0.2, 0.25) is 11.8 Å². The van der Waals surface area contributed by atoms with Gasteiger partial charge < -0.3 is 10.2 Å². The molecule has 1 aromatic carbocycles. The normalized spacial score (nSPS) is 22.6. The van der Waals surface area contributed by atoms with E-state index in [4.69, 9.17) is 0 Å². The Morgan fingerprint density at radius 3 is 2.56 bits per heavy atom. The quantitative estimate of drug-likeness (QED) is 0.890. The zero-order chi connectivity index (χ0) is 17.6. The number of piperidine rings is 1. The molecule has 136 valence electrons. The molecule has 2 atom stereocenters. The fraction of sp³-hybridized carbons (Fsp3) is 0.600. The lowest BCUT2D eigenvalue weighted by atomic mass is 9.96. The van der Waals surface area contributed by atoms with E-state index in [1.165, 1.54) is 5.56 Å². The molecule has 2 aliphatic rings. The van der Waals surface area contributed by atoms with E-state index in [9.17, 15) is 9.59 Å². The Labute approximate surface area is 150 Å². The molecule has 2 saturated heterocycles. The molecule has 1 aromatic rings. The number of likely N-dealkylation sites (tertiary alicyclic amines) is 2. The maximum absolute atomic E-state index is 12.6. The molecule has 2 aliphatic heterocycles. The van der Waals surface area contributed by atoms with Crippen molar-refractivity contribution in [1.82, 2.24) is 15.1 Å². The molecule has 5 heteroatoms. The standard InChI is InChI=1S/C20H29N3O2/c1-16(20(25)23-12-5-6-13-23)21-19(24)18-10-7-11-22(15-18)14-17-8-3-2-4-9-17/h2-4,8-9,16,18H,5-7,10-15H2,1H3,(H,21,24)/t16-,18+/m1/s1. The van der Waals surface area contributed by atoms with Gasteiger partial charge in [-0.2, -0.15) is 0 Å². The molecule has 2 amide bonds. The van der Waals surface area contributed by atoms with Crippen LogP contribution in [0, 0.1) is 5.92 Å². The number of amides is 2. The number of hydrogen-bond donors (Lipinski definition) is 1. The van der Waals surface area contributed by atoms with Crippen LogP contribution in [0.4, 0.5) is 0 Å². The molecular weight excluding hydrogens is 314 g/mol. The molecular formula is C20H29N3O2. The summed E-state index contributed by atoms with van der Waals surface area (Å²) >= 11 is 0. The number of nitrogens with one attached hydrogen (secondary N) is 1. The second-order valence-corrected chi connectivity index (χ2v) is 7.32. The third-order valence-corrected chi connectivity index (χ3v) is 5.27. The summed E-state index contributed by atoms with van der Waals surface area (Å²) in [5.74, 6) is 0.0619. The van der Waals surface area contributed by atoms with Crippen LogP contribution in [0.3, 0.4) is 0 Å². The Morgan fingerprint density at radius 1 is 1.12 bits per heavy atom. The molecule has 2 fully saturated rings. The van der Waals surface area contributed by atoms with E-state index in [1.807, 2.05) is 17.9 Å². The third-order valence-electron chi connectivity index (χ3n) is 5.27. The van der Waals surface area contributed by atoms with Gasteiger partial charge in [-0.3, -0.25) is 14.5 Å². The van der Waals surface area contributed by atoms with Crippen molar-refractivity contribution >= 4 is 11.8 Å². The predicted octanol–water partition coefficient (Wildman–Crippen LogP) is 2.03. The van der Waals surface area contributed by atoms with Crippen molar-refractivity contribution in [2.24, 2.45) is 5.92 Å². The first-order valence-electron chi connectivity index (χ1n) is 9.49. The minimum atomic E-state index is -0.421. The van der Waals surface area contributed by atoms with Crippen molar-refractivity contribution in [3.05, 3.63) is 35.9 Å². The lowest BCUT2D eigenvalue weighted by Gasteiger charge is -2.32. The van der Waals surface area contributed by atoms with Crippen LogP contribution in [-0.2, 0) is 16.1 Å². The first-order chi connectivity index (χ1) is 12.1. The smallest absolute Gasteiger partial charge is 0.244 e. The van der Waals surface area contributed by atoms with Gasteiger partial charge in [0.15, 0.2) is 0 Å². The second-order valence-electron chi connectivity index (χ2n) is 7.32. The fourth-order valence-corrected chi connectivity index (χ4v) is 3.86. The fourth-order valence-electron chi connectivity index (χ4n) is 3.86. The predicted molar refractivity (Wildman–Crippen MR) is 97.9 cm³/mol. The molecule has 0 spiro atoms. The van der Waals surface area contributed by atoms with Gasteiger partial charge in [0.25, 0.3) is 0 Å². The molecule has 1 N–H and O–H groups in total. The Morgan fingerprint density at radius 2 is 1.84 bits per heavy atom. The van der Waals surface area contributed by atoms with Crippen LogP contribution in [0.5, 0.6) is 0 Å². The van der Waals surface area contributed by atoms with Crippen LogP contribution in [0.25, 0.3) is 0 Å². The number of hydrogen-bond acceptors (Lipinski definition) is 3. The van der Waals surface area contributed by atoms with E-state index >= 15 is 0 Å². The SMILES string of the molecule is C[C@@H](NC(=O)[C@H]1CCCN(Cc2ccccc2)C1)C(=O)N1CCCC1. The maximum Gasteiger partial charge on any atom is 0.244 e. The highest BCUT2D eigenvalue weighted by Gasteiger charge is 2.29. The van der Waals surface area contributed by atoms with Crippen molar-refractivity contribution in [3.8, 4) is 0 Å². The van der Waals surface area contributed by atoms with Crippen molar-refractivity contribution in [3.63, 3.8) is 0 Å². The van der Waals surface area contributed by atoms with Gasteiger partial charge in [-0.1, -0.05) is 30.3 Å². The average molecular weight is 343 g/mol. The molecule has 3 rings (SSSR count). The van der Waals surface area contributed by atoms with E-state index in [1.54, 1.807) is 0 Å². The summed E-state index contributed by atoms with van der Waals surface area (Å²) in [6.07, 6.45) is 4.08. The number of carbonyl (C=O) groups excluding carboxylic acids is 2. The summed E-state index contributed by atoms with van der Waals surface area (Å²) in [5, 5.41) is 2.95. The largest absolute Gasteiger partial charge is 0.344 e. The van der Waals surface area contributed by atoms with Crippen LogP contribution < -0.4 is 5.32 Å². The molecule has 0 aliphatic carbocycles. The Hall–Kier alpha value is -1.88. The summed E-state index contributed by atoms with van der Waals surface area (Å²) < 4.78 is 0. The monoisotopic (exact) mass is 343 g/mol. The summed E-state index contributed by atoms with van der Waals surface area (Å²) in [6.45, 7) is 6.14. The van der Waals surface area contributed by atoms with E-state index in [2.05, 4.69) is 34.5 Å². The molecule has 0 aromatic heterocycles. The van der Waals surface area contributed by atoms with Crippen LogP contribution in [0.15, 0.2) is 30.3 Å². The van der Waals surface area contributed by atoms with E-state index in [0.717, 1.165) is 58.4 Å². The Balaban J connectivity index is 1.50. The summed E-state index contributed by atoms with van der Waals surface area (Å²) in [7, 11) is 0. The average Bonchev–Trinajstić information content (AvgIpc) is 3.16.